The Morgan fingerprint density at radius 2 is 2.06 bits per heavy atom. The number of fused-ring (bicyclic) bond motifs is 1. The summed E-state index contributed by atoms with van der Waals surface area (Å²) in [5, 5.41) is 17.3. The molecule has 0 fully saturated rings. The SMILES string of the molecule is Cn1cc(-c2cc(S)c3c(C#N)cnn3c2)cn1. The fourth-order valence-corrected chi connectivity index (χ4v) is 2.27. The number of hydrogen-bond donors (Lipinski definition) is 1. The number of nitriles is 1. The van der Waals surface area contributed by atoms with Crippen LogP contribution in [0.3, 0.4) is 0 Å². The van der Waals surface area contributed by atoms with E-state index in [0.29, 0.717) is 5.56 Å². The molecule has 3 rings (SSSR count). The third kappa shape index (κ3) is 1.57. The summed E-state index contributed by atoms with van der Waals surface area (Å²) < 4.78 is 3.41. The largest absolute Gasteiger partial charge is 0.275 e. The van der Waals surface area contributed by atoms with Crippen LogP contribution in [-0.4, -0.2) is 19.4 Å². The lowest BCUT2D eigenvalue weighted by Gasteiger charge is -2.02. The van der Waals surface area contributed by atoms with Gasteiger partial charge in [-0.05, 0) is 6.07 Å². The van der Waals surface area contributed by atoms with Crippen molar-refractivity contribution in [2.45, 2.75) is 4.90 Å². The molecule has 5 nitrogen and oxygen atoms in total. The fourth-order valence-electron chi connectivity index (χ4n) is 1.91. The van der Waals surface area contributed by atoms with Crippen molar-refractivity contribution in [1.29, 1.82) is 5.26 Å². The van der Waals surface area contributed by atoms with Gasteiger partial charge in [0.05, 0.1) is 23.5 Å². The van der Waals surface area contributed by atoms with E-state index in [2.05, 4.69) is 28.9 Å². The van der Waals surface area contributed by atoms with Gasteiger partial charge in [-0.25, -0.2) is 4.52 Å². The summed E-state index contributed by atoms with van der Waals surface area (Å²) in [6.45, 7) is 0. The molecule has 0 aliphatic heterocycles. The van der Waals surface area contributed by atoms with E-state index in [9.17, 15) is 0 Å². The zero-order valence-electron chi connectivity index (χ0n) is 9.57. The standard InChI is InChI=1S/C12H9N5S/c1-16-6-10(5-14-16)8-2-11(18)12-9(3-13)4-15-17(12)7-8/h2,4-7,18H,1H3. The van der Waals surface area contributed by atoms with E-state index in [1.165, 1.54) is 0 Å². The molecule has 0 aliphatic carbocycles. The zero-order valence-corrected chi connectivity index (χ0v) is 10.5. The molecule has 0 radical (unpaired) electrons. The molecule has 0 saturated heterocycles. The predicted molar refractivity (Wildman–Crippen MR) is 69.4 cm³/mol. The van der Waals surface area contributed by atoms with Crippen LogP contribution in [0, 0.1) is 11.3 Å². The molecule has 0 aliphatic rings. The van der Waals surface area contributed by atoms with Gasteiger partial charge in [0.1, 0.15) is 6.07 Å². The van der Waals surface area contributed by atoms with E-state index in [4.69, 9.17) is 5.26 Å². The Balaban J connectivity index is 2.26. The Hall–Kier alpha value is -2.26. The zero-order chi connectivity index (χ0) is 12.7. The minimum Gasteiger partial charge on any atom is -0.275 e. The topological polar surface area (TPSA) is 58.9 Å². The van der Waals surface area contributed by atoms with Gasteiger partial charge in [0.25, 0.3) is 0 Å². The van der Waals surface area contributed by atoms with Crippen LogP contribution in [0.1, 0.15) is 5.56 Å². The first-order chi connectivity index (χ1) is 8.69. The van der Waals surface area contributed by atoms with Gasteiger partial charge in [-0.3, -0.25) is 4.68 Å². The molecule has 3 aromatic heterocycles. The quantitative estimate of drug-likeness (QED) is 0.676. The Morgan fingerprint density at radius 1 is 1.22 bits per heavy atom. The summed E-state index contributed by atoms with van der Waals surface area (Å²) in [7, 11) is 1.87. The smallest absolute Gasteiger partial charge is 0.103 e. The van der Waals surface area contributed by atoms with Crippen molar-refractivity contribution in [2.75, 3.05) is 0 Å². The van der Waals surface area contributed by atoms with Gasteiger partial charge in [0, 0.05) is 35.5 Å². The third-order valence-electron chi connectivity index (χ3n) is 2.75. The van der Waals surface area contributed by atoms with Crippen LogP contribution in [0.4, 0.5) is 0 Å². The summed E-state index contributed by atoms with van der Waals surface area (Å²) in [6, 6.07) is 4.02. The molecule has 0 saturated carbocycles. The lowest BCUT2D eigenvalue weighted by molar-refractivity contribution is 0.768. The second-order valence-corrected chi connectivity index (χ2v) is 4.46. The number of rotatable bonds is 1. The van der Waals surface area contributed by atoms with Crippen LogP contribution in [0.15, 0.2) is 35.7 Å². The van der Waals surface area contributed by atoms with Crippen molar-refractivity contribution in [1.82, 2.24) is 19.4 Å². The van der Waals surface area contributed by atoms with Gasteiger partial charge in [-0.1, -0.05) is 0 Å². The third-order valence-corrected chi connectivity index (χ3v) is 3.09. The number of pyridine rings is 1. The fraction of sp³-hybridized carbons (Fsp3) is 0.0833. The maximum Gasteiger partial charge on any atom is 0.103 e. The van der Waals surface area contributed by atoms with E-state index in [1.54, 1.807) is 21.6 Å². The molecule has 0 amide bonds. The van der Waals surface area contributed by atoms with Crippen LogP contribution >= 0.6 is 12.6 Å². The Labute approximate surface area is 109 Å². The molecule has 0 bridgehead atoms. The lowest BCUT2D eigenvalue weighted by Crippen LogP contribution is -1.90. The van der Waals surface area contributed by atoms with Gasteiger partial charge in [0.15, 0.2) is 0 Å². The van der Waals surface area contributed by atoms with Crippen LogP contribution in [0.25, 0.3) is 16.6 Å². The van der Waals surface area contributed by atoms with Crippen molar-refractivity contribution < 1.29 is 0 Å². The van der Waals surface area contributed by atoms with E-state index in [0.717, 1.165) is 21.5 Å². The van der Waals surface area contributed by atoms with E-state index in [-0.39, 0.29) is 0 Å². The second kappa shape index (κ2) is 3.89. The molecule has 3 aromatic rings. The van der Waals surface area contributed by atoms with Crippen molar-refractivity contribution in [3.05, 3.63) is 36.4 Å². The normalized spacial score (nSPS) is 10.7. The monoisotopic (exact) mass is 255 g/mol. The molecule has 0 atom stereocenters. The number of aryl methyl sites for hydroxylation is 1. The molecule has 0 spiro atoms. The van der Waals surface area contributed by atoms with Gasteiger partial charge in [-0.15, -0.1) is 12.6 Å². The highest BCUT2D eigenvalue weighted by Gasteiger charge is 2.10. The molecule has 0 N–H and O–H groups in total. The van der Waals surface area contributed by atoms with Gasteiger partial charge in [-0.2, -0.15) is 15.5 Å². The molecule has 0 aromatic carbocycles. The molecule has 18 heavy (non-hydrogen) atoms. The summed E-state index contributed by atoms with van der Waals surface area (Å²) in [4.78, 5) is 0.727. The van der Waals surface area contributed by atoms with Crippen LogP contribution < -0.4 is 0 Å². The van der Waals surface area contributed by atoms with Crippen LogP contribution in [0.2, 0.25) is 0 Å². The first-order valence-corrected chi connectivity index (χ1v) is 5.73. The first kappa shape index (κ1) is 10.9. The number of nitrogens with zero attached hydrogens (tertiary/aromatic N) is 5. The summed E-state index contributed by atoms with van der Waals surface area (Å²) in [5.74, 6) is 0. The maximum absolute atomic E-state index is 8.99. The van der Waals surface area contributed by atoms with Gasteiger partial charge >= 0.3 is 0 Å². The van der Waals surface area contributed by atoms with Crippen molar-refractivity contribution in [3.63, 3.8) is 0 Å². The molecular weight excluding hydrogens is 246 g/mol. The highest BCUT2D eigenvalue weighted by atomic mass is 32.1. The Kier molecular flexibility index (Phi) is 2.35. The molecular formula is C12H9N5S. The summed E-state index contributed by atoms with van der Waals surface area (Å²) in [5.41, 5.74) is 3.21. The Bertz CT molecular complexity index is 777. The maximum atomic E-state index is 8.99. The summed E-state index contributed by atoms with van der Waals surface area (Å²) in [6.07, 6.45) is 7.11. The lowest BCUT2D eigenvalue weighted by atomic mass is 10.1. The second-order valence-electron chi connectivity index (χ2n) is 3.98. The van der Waals surface area contributed by atoms with Gasteiger partial charge < -0.3 is 0 Å². The average molecular weight is 255 g/mol. The highest BCUT2D eigenvalue weighted by molar-refractivity contribution is 7.80. The van der Waals surface area contributed by atoms with Gasteiger partial charge in [0.2, 0.25) is 0 Å². The Morgan fingerprint density at radius 3 is 2.72 bits per heavy atom. The van der Waals surface area contributed by atoms with E-state index >= 15 is 0 Å². The minimum atomic E-state index is 0.526. The van der Waals surface area contributed by atoms with Crippen molar-refractivity contribution >= 4 is 18.1 Å². The van der Waals surface area contributed by atoms with Crippen molar-refractivity contribution in [3.8, 4) is 17.2 Å². The number of hydrogen-bond acceptors (Lipinski definition) is 4. The number of aromatic nitrogens is 4. The molecule has 3 heterocycles. The molecule has 6 heteroatoms. The molecule has 88 valence electrons. The minimum absolute atomic E-state index is 0.526. The predicted octanol–water partition coefficient (Wildman–Crippen LogP) is 1.90. The average Bonchev–Trinajstić information content (AvgIpc) is 2.95. The van der Waals surface area contributed by atoms with Crippen molar-refractivity contribution in [2.24, 2.45) is 7.05 Å². The molecule has 0 unspecified atom stereocenters. The first-order valence-electron chi connectivity index (χ1n) is 5.28. The van der Waals surface area contributed by atoms with Crippen LogP contribution in [0.5, 0.6) is 0 Å². The highest BCUT2D eigenvalue weighted by Crippen LogP contribution is 2.26. The van der Waals surface area contributed by atoms with E-state index in [1.807, 2.05) is 25.5 Å². The summed E-state index contributed by atoms with van der Waals surface area (Å²) >= 11 is 4.43. The van der Waals surface area contributed by atoms with E-state index < -0.39 is 0 Å². The van der Waals surface area contributed by atoms with Crippen LogP contribution in [-0.2, 0) is 7.05 Å². The number of thiol groups is 1.